The van der Waals surface area contributed by atoms with Crippen molar-refractivity contribution in [1.29, 1.82) is 0 Å². The van der Waals surface area contributed by atoms with E-state index >= 15 is 0 Å². The molecule has 1 amide bonds. The van der Waals surface area contributed by atoms with E-state index in [4.69, 9.17) is 51.1 Å². The van der Waals surface area contributed by atoms with Crippen LogP contribution < -0.4 is 0 Å². The molecule has 0 aromatic heterocycles. The molecule has 270 valence electrons. The fourth-order valence-electron chi connectivity index (χ4n) is 8.21. The first-order chi connectivity index (χ1) is 25.2. The fourth-order valence-corrected chi connectivity index (χ4v) is 8.98. The number of hydrogen-bond donors (Lipinski definition) is 0. The summed E-state index contributed by atoms with van der Waals surface area (Å²) in [6.45, 7) is 5.87. The summed E-state index contributed by atoms with van der Waals surface area (Å²) in [5.41, 5.74) is 16.2. The van der Waals surface area contributed by atoms with Crippen molar-refractivity contribution in [2.75, 3.05) is 39.8 Å². The molecule has 4 aromatic rings. The van der Waals surface area contributed by atoms with Gasteiger partial charge in [0.05, 0.1) is 6.61 Å². The first kappa shape index (κ1) is 37.1. The summed E-state index contributed by atoms with van der Waals surface area (Å²) in [7, 11) is 2.20. The van der Waals surface area contributed by atoms with E-state index in [-0.39, 0.29) is 6.09 Å². The van der Waals surface area contributed by atoms with Crippen LogP contribution in [0.3, 0.4) is 0 Å². The van der Waals surface area contributed by atoms with Gasteiger partial charge in [-0.2, -0.15) is 0 Å². The van der Waals surface area contributed by atoms with E-state index in [2.05, 4.69) is 60.5 Å². The second kappa shape index (κ2) is 16.4. The number of piperidine rings is 2. The minimum atomic E-state index is -0.216. The third-order valence-electron chi connectivity index (χ3n) is 10.9. The van der Waals surface area contributed by atoms with Gasteiger partial charge in [0.2, 0.25) is 0 Å². The van der Waals surface area contributed by atoms with Gasteiger partial charge in [0, 0.05) is 46.3 Å². The Morgan fingerprint density at radius 1 is 0.538 bits per heavy atom. The maximum absolute atomic E-state index is 12.1. The number of nitrogens with zero attached hydrogens (tertiary/aromatic N) is 2. The standard InChI is InChI=1S/C23H23Cl2NO2.C21H21Cl2N/c1-2-28-23(27)26-11-9-15(10-12-26)22-20-7-5-18(24)13-16(20)3-4-17-14-19(25)6-8-21(17)22;1-24-10-8-14(9-11-24)21-19-6-4-17(22)12-15(19)2-3-16-13-18(23)5-7-20(16)21/h5-8,13-14H,2-4,9-12H2,1H3;4-7,12-13H,2-3,8-11H2,1H3. The number of carbonyl (C=O) groups is 1. The van der Waals surface area contributed by atoms with Gasteiger partial charge in [-0.05, 0) is 170 Å². The van der Waals surface area contributed by atoms with E-state index in [1.807, 2.05) is 31.2 Å². The summed E-state index contributed by atoms with van der Waals surface area (Å²) in [5.74, 6) is 0. The molecule has 0 unspecified atom stereocenters. The largest absolute Gasteiger partial charge is 0.450 e. The van der Waals surface area contributed by atoms with Crippen LogP contribution in [0.5, 0.6) is 0 Å². The molecular formula is C44H44Cl4N2O2. The van der Waals surface area contributed by atoms with Gasteiger partial charge < -0.3 is 14.5 Å². The Kier molecular flexibility index (Phi) is 11.7. The van der Waals surface area contributed by atoms with Crippen molar-refractivity contribution < 1.29 is 9.53 Å². The zero-order chi connectivity index (χ0) is 36.4. The van der Waals surface area contributed by atoms with Gasteiger partial charge >= 0.3 is 6.09 Å². The Balaban J connectivity index is 0.000000164. The highest BCUT2D eigenvalue weighted by molar-refractivity contribution is 6.31. The van der Waals surface area contributed by atoms with Crippen LogP contribution in [0.15, 0.2) is 83.9 Å². The van der Waals surface area contributed by atoms with Gasteiger partial charge in [0.15, 0.2) is 0 Å². The fraction of sp³-hybridized carbons (Fsp3) is 0.341. The highest BCUT2D eigenvalue weighted by Gasteiger charge is 2.27. The second-order valence-electron chi connectivity index (χ2n) is 14.2. The van der Waals surface area contributed by atoms with Gasteiger partial charge in [0.25, 0.3) is 0 Å². The number of fused-ring (bicyclic) bond motifs is 4. The van der Waals surface area contributed by atoms with Crippen molar-refractivity contribution in [3.05, 3.63) is 149 Å². The molecule has 4 aromatic carbocycles. The molecule has 0 N–H and O–H groups in total. The maximum Gasteiger partial charge on any atom is 0.409 e. The smallest absolute Gasteiger partial charge is 0.409 e. The molecule has 52 heavy (non-hydrogen) atoms. The van der Waals surface area contributed by atoms with Gasteiger partial charge in [-0.25, -0.2) is 4.79 Å². The highest BCUT2D eigenvalue weighted by Crippen LogP contribution is 2.42. The zero-order valence-electron chi connectivity index (χ0n) is 29.8. The monoisotopic (exact) mass is 772 g/mol. The third-order valence-corrected chi connectivity index (χ3v) is 11.8. The molecule has 2 fully saturated rings. The SMILES string of the molecule is CCOC(=O)N1CCC(=C2c3ccc(Cl)cc3CCc3cc(Cl)ccc32)CC1.CN1CCC(=C2c3ccc(Cl)cc3CCc3cc(Cl)ccc32)CC1. The topological polar surface area (TPSA) is 32.8 Å². The van der Waals surface area contributed by atoms with Crippen LogP contribution in [-0.4, -0.2) is 55.7 Å². The lowest BCUT2D eigenvalue weighted by atomic mass is 9.86. The average Bonchev–Trinajstić information content (AvgIpc) is 3.39. The van der Waals surface area contributed by atoms with Crippen LogP contribution in [0.2, 0.25) is 20.1 Å². The predicted molar refractivity (Wildman–Crippen MR) is 217 cm³/mol. The number of likely N-dealkylation sites (tertiary alicyclic amines) is 2. The lowest BCUT2D eigenvalue weighted by Gasteiger charge is -2.30. The molecule has 2 saturated heterocycles. The van der Waals surface area contributed by atoms with Gasteiger partial charge in [-0.1, -0.05) is 81.8 Å². The molecule has 0 atom stereocenters. The van der Waals surface area contributed by atoms with Crippen molar-refractivity contribution in [1.82, 2.24) is 9.80 Å². The normalized spacial score (nSPS) is 17.2. The van der Waals surface area contributed by atoms with Crippen molar-refractivity contribution in [2.45, 2.75) is 58.3 Å². The Morgan fingerprint density at radius 3 is 1.19 bits per heavy atom. The minimum Gasteiger partial charge on any atom is -0.450 e. The van der Waals surface area contributed by atoms with Gasteiger partial charge in [-0.3, -0.25) is 0 Å². The molecule has 0 radical (unpaired) electrons. The Bertz CT molecular complexity index is 1940. The van der Waals surface area contributed by atoms with E-state index in [1.54, 1.807) is 10.5 Å². The zero-order valence-corrected chi connectivity index (χ0v) is 32.9. The predicted octanol–water partition coefficient (Wildman–Crippen LogP) is 11.8. The first-order valence-electron chi connectivity index (χ1n) is 18.4. The Labute approximate surface area is 328 Å². The number of amides is 1. The van der Waals surface area contributed by atoms with Gasteiger partial charge in [0.1, 0.15) is 0 Å². The number of carbonyl (C=O) groups excluding carboxylic acids is 1. The van der Waals surface area contributed by atoms with Crippen LogP contribution >= 0.6 is 46.4 Å². The maximum atomic E-state index is 12.1. The van der Waals surface area contributed by atoms with Crippen molar-refractivity contribution >= 4 is 63.6 Å². The summed E-state index contributed by atoms with van der Waals surface area (Å²) in [4.78, 5) is 16.3. The minimum absolute atomic E-state index is 0.216. The molecule has 4 aliphatic rings. The van der Waals surface area contributed by atoms with Crippen LogP contribution in [0, 0.1) is 0 Å². The van der Waals surface area contributed by atoms with Crippen molar-refractivity contribution in [3.8, 4) is 0 Å². The van der Waals surface area contributed by atoms with E-state index < -0.39 is 0 Å². The molecule has 4 nitrogen and oxygen atoms in total. The summed E-state index contributed by atoms with van der Waals surface area (Å²) in [5, 5.41) is 3.18. The quantitative estimate of drug-likeness (QED) is 0.193. The molecule has 8 heteroatoms. The lowest BCUT2D eigenvalue weighted by Crippen LogP contribution is -2.37. The number of aryl methyl sites for hydroxylation is 4. The van der Waals surface area contributed by atoms with Crippen LogP contribution in [0.4, 0.5) is 4.79 Å². The van der Waals surface area contributed by atoms with E-state index in [0.29, 0.717) is 19.7 Å². The second-order valence-corrected chi connectivity index (χ2v) is 15.9. The number of hydrogen-bond acceptors (Lipinski definition) is 3. The molecule has 2 aliphatic heterocycles. The van der Waals surface area contributed by atoms with Crippen molar-refractivity contribution in [2.24, 2.45) is 0 Å². The summed E-state index contributed by atoms with van der Waals surface area (Å²) in [6, 6.07) is 25.1. The lowest BCUT2D eigenvalue weighted by molar-refractivity contribution is 0.104. The first-order valence-corrected chi connectivity index (χ1v) is 19.9. The number of benzene rings is 4. The molecule has 8 rings (SSSR count). The third kappa shape index (κ3) is 8.12. The van der Waals surface area contributed by atoms with E-state index in [1.165, 1.54) is 61.2 Å². The summed E-state index contributed by atoms with van der Waals surface area (Å²) in [6.07, 6.45) is 7.65. The number of ether oxygens (including phenoxy) is 1. The molecule has 0 saturated carbocycles. The molecule has 2 aliphatic carbocycles. The molecule has 2 heterocycles. The average molecular weight is 775 g/mol. The van der Waals surface area contributed by atoms with Crippen molar-refractivity contribution in [3.63, 3.8) is 0 Å². The summed E-state index contributed by atoms with van der Waals surface area (Å²) >= 11 is 25.1. The number of halogens is 4. The number of rotatable bonds is 1. The molecular weight excluding hydrogens is 730 g/mol. The highest BCUT2D eigenvalue weighted by atomic mass is 35.5. The molecule has 0 spiro atoms. The summed E-state index contributed by atoms with van der Waals surface area (Å²) < 4.78 is 5.16. The van der Waals surface area contributed by atoms with Gasteiger partial charge in [-0.15, -0.1) is 0 Å². The Morgan fingerprint density at radius 2 is 0.865 bits per heavy atom. The molecule has 0 bridgehead atoms. The van der Waals surface area contributed by atoms with Crippen LogP contribution in [-0.2, 0) is 30.4 Å². The van der Waals surface area contributed by atoms with E-state index in [0.717, 1.165) is 84.5 Å². The van der Waals surface area contributed by atoms with Crippen LogP contribution in [0.25, 0.3) is 11.1 Å². The van der Waals surface area contributed by atoms with E-state index in [9.17, 15) is 4.79 Å². The Hall–Kier alpha value is -3.25. The van der Waals surface area contributed by atoms with Crippen LogP contribution in [0.1, 0.15) is 77.1 Å².